The lowest BCUT2D eigenvalue weighted by Gasteiger charge is -2.33. The molecule has 3 atom stereocenters. The van der Waals surface area contributed by atoms with Gasteiger partial charge in [-0.1, -0.05) is 78.9 Å². The van der Waals surface area contributed by atoms with Gasteiger partial charge in [0.15, 0.2) is 0 Å². The fourth-order valence-electron chi connectivity index (χ4n) is 5.55. The van der Waals surface area contributed by atoms with Gasteiger partial charge in [0.1, 0.15) is 0 Å². The molecule has 0 amide bonds. The molecule has 0 aromatic heterocycles. The Morgan fingerprint density at radius 1 is 1.00 bits per heavy atom. The average Bonchev–Trinajstić information content (AvgIpc) is 2.86. The van der Waals surface area contributed by atoms with Crippen LogP contribution in [0, 0.1) is 12.8 Å². The lowest BCUT2D eigenvalue weighted by atomic mass is 9.73. The van der Waals surface area contributed by atoms with E-state index in [-0.39, 0.29) is 12.0 Å². The normalized spacial score (nSPS) is 18.4. The second-order valence-electron chi connectivity index (χ2n) is 9.64. The van der Waals surface area contributed by atoms with Crippen LogP contribution in [0.3, 0.4) is 0 Å². The molecule has 2 N–H and O–H groups in total. The van der Waals surface area contributed by atoms with Crippen LogP contribution in [0.25, 0.3) is 10.8 Å². The summed E-state index contributed by atoms with van der Waals surface area (Å²) in [7, 11) is 0. The molecule has 0 saturated heterocycles. The Morgan fingerprint density at radius 2 is 1.76 bits per heavy atom. The van der Waals surface area contributed by atoms with E-state index in [2.05, 4.69) is 85.0 Å². The highest BCUT2D eigenvalue weighted by Gasteiger charge is 2.29. The van der Waals surface area contributed by atoms with E-state index in [9.17, 15) is 9.90 Å². The maximum Gasteiger partial charge on any atom is 0.335 e. The summed E-state index contributed by atoms with van der Waals surface area (Å²) in [4.78, 5) is 11.8. The first-order valence-electron chi connectivity index (χ1n) is 12.1. The molecule has 1 aliphatic rings. The van der Waals surface area contributed by atoms with Crippen molar-refractivity contribution in [3.8, 4) is 0 Å². The number of benzene rings is 4. The first-order valence-corrected chi connectivity index (χ1v) is 12.1. The standard InChI is InChI=1S/C31H31NO2/c1-20-14-15-25(18-29(20)31(33)34)30-17-22(16-24-9-4-6-12-28(24)30)19-32-21(2)26-13-7-10-23-8-3-5-11-27(23)26/h3-15,18,21-22,30,32H,16-17,19H2,1-2H3,(H,33,34). The van der Waals surface area contributed by atoms with Crippen LogP contribution in [0.1, 0.15) is 63.5 Å². The van der Waals surface area contributed by atoms with Crippen LogP contribution in [0.15, 0.2) is 84.9 Å². The van der Waals surface area contributed by atoms with Gasteiger partial charge in [0, 0.05) is 12.0 Å². The number of carbonyl (C=O) groups is 1. The molecule has 0 spiro atoms. The summed E-state index contributed by atoms with van der Waals surface area (Å²) in [5.74, 6) is -0.166. The van der Waals surface area contributed by atoms with Crippen LogP contribution >= 0.6 is 0 Å². The van der Waals surface area contributed by atoms with Gasteiger partial charge in [0.2, 0.25) is 0 Å². The maximum atomic E-state index is 11.8. The van der Waals surface area contributed by atoms with Gasteiger partial charge in [-0.2, -0.15) is 0 Å². The second-order valence-corrected chi connectivity index (χ2v) is 9.64. The molecule has 172 valence electrons. The van der Waals surface area contributed by atoms with Gasteiger partial charge in [0.05, 0.1) is 5.56 Å². The third-order valence-corrected chi connectivity index (χ3v) is 7.41. The number of nitrogens with one attached hydrogen (secondary N) is 1. The third kappa shape index (κ3) is 4.36. The van der Waals surface area contributed by atoms with Crippen molar-refractivity contribution in [2.75, 3.05) is 6.54 Å². The SMILES string of the molecule is Cc1ccc(C2CC(CNC(C)c3cccc4ccccc34)Cc3ccccc32)cc1C(=O)O. The average molecular weight is 450 g/mol. The molecule has 1 aliphatic carbocycles. The molecule has 5 rings (SSSR count). The molecule has 0 heterocycles. The minimum Gasteiger partial charge on any atom is -0.478 e. The number of aromatic carboxylic acids is 1. The highest BCUT2D eigenvalue weighted by atomic mass is 16.4. The summed E-state index contributed by atoms with van der Waals surface area (Å²) in [6, 6.07) is 29.9. The quantitative estimate of drug-likeness (QED) is 0.337. The van der Waals surface area contributed by atoms with Crippen LogP contribution < -0.4 is 5.32 Å². The van der Waals surface area contributed by atoms with Crippen LogP contribution in [0.5, 0.6) is 0 Å². The summed E-state index contributed by atoms with van der Waals surface area (Å²) >= 11 is 0. The monoisotopic (exact) mass is 449 g/mol. The van der Waals surface area contributed by atoms with Crippen molar-refractivity contribution in [2.24, 2.45) is 5.92 Å². The first kappa shape index (κ1) is 22.4. The molecule has 3 unspecified atom stereocenters. The molecular formula is C31H31NO2. The Labute approximate surface area is 201 Å². The van der Waals surface area contributed by atoms with E-state index in [1.165, 1.54) is 27.5 Å². The molecule has 0 radical (unpaired) electrons. The number of hydrogen-bond acceptors (Lipinski definition) is 2. The van der Waals surface area contributed by atoms with E-state index < -0.39 is 5.97 Å². The Morgan fingerprint density at radius 3 is 2.62 bits per heavy atom. The van der Waals surface area contributed by atoms with E-state index in [4.69, 9.17) is 0 Å². The number of rotatable bonds is 6. The summed E-state index contributed by atoms with van der Waals surface area (Å²) in [5, 5.41) is 16.0. The lowest BCUT2D eigenvalue weighted by Crippen LogP contribution is -2.31. The lowest BCUT2D eigenvalue weighted by molar-refractivity contribution is 0.0696. The Bertz CT molecular complexity index is 1340. The summed E-state index contributed by atoms with van der Waals surface area (Å²) in [6.07, 6.45) is 2.05. The molecule has 4 aromatic carbocycles. The molecule has 0 bridgehead atoms. The van der Waals surface area contributed by atoms with Crippen molar-refractivity contribution in [3.63, 3.8) is 0 Å². The van der Waals surface area contributed by atoms with Crippen molar-refractivity contribution in [1.82, 2.24) is 5.32 Å². The van der Waals surface area contributed by atoms with Gasteiger partial charge in [-0.15, -0.1) is 0 Å². The molecule has 3 heteroatoms. The maximum absolute atomic E-state index is 11.8. The number of hydrogen-bond donors (Lipinski definition) is 2. The van der Waals surface area contributed by atoms with Crippen LogP contribution in [-0.4, -0.2) is 17.6 Å². The first-order chi connectivity index (χ1) is 16.5. The van der Waals surface area contributed by atoms with Crippen molar-refractivity contribution in [2.45, 2.75) is 38.6 Å². The van der Waals surface area contributed by atoms with Gasteiger partial charge >= 0.3 is 5.97 Å². The Hall–Kier alpha value is -3.43. The summed E-state index contributed by atoms with van der Waals surface area (Å²) < 4.78 is 0. The zero-order chi connectivity index (χ0) is 23.7. The van der Waals surface area contributed by atoms with Gasteiger partial charge in [-0.3, -0.25) is 0 Å². The number of carboxylic acid groups (broad SMARTS) is 1. The topological polar surface area (TPSA) is 49.3 Å². The van der Waals surface area contributed by atoms with Crippen molar-refractivity contribution in [1.29, 1.82) is 0 Å². The largest absolute Gasteiger partial charge is 0.478 e. The van der Waals surface area contributed by atoms with E-state index in [0.29, 0.717) is 11.5 Å². The van der Waals surface area contributed by atoms with Gasteiger partial charge in [0.25, 0.3) is 0 Å². The summed E-state index contributed by atoms with van der Waals surface area (Å²) in [6.45, 7) is 5.03. The van der Waals surface area contributed by atoms with Crippen molar-refractivity contribution >= 4 is 16.7 Å². The predicted molar refractivity (Wildman–Crippen MR) is 139 cm³/mol. The van der Waals surface area contributed by atoms with E-state index in [1.807, 2.05) is 19.1 Å². The molecule has 0 aliphatic heterocycles. The smallest absolute Gasteiger partial charge is 0.335 e. The number of fused-ring (bicyclic) bond motifs is 2. The molecule has 34 heavy (non-hydrogen) atoms. The molecular weight excluding hydrogens is 418 g/mol. The predicted octanol–water partition coefficient (Wildman–Crippen LogP) is 6.89. The molecule has 0 fully saturated rings. The van der Waals surface area contributed by atoms with Crippen LogP contribution in [-0.2, 0) is 6.42 Å². The van der Waals surface area contributed by atoms with Crippen molar-refractivity contribution in [3.05, 3.63) is 118 Å². The zero-order valence-corrected chi connectivity index (χ0v) is 19.8. The minimum absolute atomic E-state index is 0.211. The third-order valence-electron chi connectivity index (χ3n) is 7.41. The molecule has 4 aromatic rings. The highest BCUT2D eigenvalue weighted by Crippen LogP contribution is 2.40. The van der Waals surface area contributed by atoms with E-state index in [0.717, 1.165) is 30.5 Å². The molecule has 0 saturated carbocycles. The van der Waals surface area contributed by atoms with E-state index in [1.54, 1.807) is 0 Å². The van der Waals surface area contributed by atoms with Crippen LogP contribution in [0.4, 0.5) is 0 Å². The van der Waals surface area contributed by atoms with E-state index >= 15 is 0 Å². The van der Waals surface area contributed by atoms with Gasteiger partial charge in [-0.25, -0.2) is 4.79 Å². The fraction of sp³-hybridized carbons (Fsp3) is 0.258. The van der Waals surface area contributed by atoms with Crippen molar-refractivity contribution < 1.29 is 9.90 Å². The van der Waals surface area contributed by atoms with Gasteiger partial charge < -0.3 is 10.4 Å². The van der Waals surface area contributed by atoms with Crippen LogP contribution in [0.2, 0.25) is 0 Å². The Kier molecular flexibility index (Phi) is 6.21. The van der Waals surface area contributed by atoms with Gasteiger partial charge in [-0.05, 0) is 83.8 Å². The zero-order valence-electron chi connectivity index (χ0n) is 19.8. The molecule has 3 nitrogen and oxygen atoms in total. The summed E-state index contributed by atoms with van der Waals surface area (Å²) in [5.41, 5.74) is 6.35. The number of aryl methyl sites for hydroxylation is 1. The Balaban J connectivity index is 1.39. The number of carboxylic acids is 1. The second kappa shape index (κ2) is 9.44. The fourth-order valence-corrected chi connectivity index (χ4v) is 5.55. The highest BCUT2D eigenvalue weighted by molar-refractivity contribution is 5.89. The minimum atomic E-state index is -0.856.